The van der Waals surface area contributed by atoms with Crippen molar-refractivity contribution >= 4 is 35.5 Å². The van der Waals surface area contributed by atoms with Crippen molar-refractivity contribution in [1.29, 1.82) is 0 Å². The molecular formula is C30H44N4O6. The predicted molar refractivity (Wildman–Crippen MR) is 154 cm³/mol. The van der Waals surface area contributed by atoms with Crippen molar-refractivity contribution in [3.05, 3.63) is 40.3 Å². The van der Waals surface area contributed by atoms with E-state index < -0.39 is 11.7 Å². The fraction of sp³-hybridized carbons (Fsp3) is 0.600. The molecule has 3 amide bonds. The summed E-state index contributed by atoms with van der Waals surface area (Å²) in [4.78, 5) is 68.5. The monoisotopic (exact) mass is 556 g/mol. The number of anilines is 1. The summed E-state index contributed by atoms with van der Waals surface area (Å²) in [5.74, 6) is -0.382. The van der Waals surface area contributed by atoms with Crippen molar-refractivity contribution in [3.63, 3.8) is 0 Å². The normalized spacial score (nSPS) is 20.4. The highest BCUT2D eigenvalue weighted by Crippen LogP contribution is 2.51. The van der Waals surface area contributed by atoms with Gasteiger partial charge < -0.3 is 20.5 Å². The number of hydrogen-bond donors (Lipinski definition) is 3. The van der Waals surface area contributed by atoms with Crippen LogP contribution >= 0.6 is 0 Å². The minimum Gasteiger partial charge on any atom is -0.354 e. The maximum atomic E-state index is 12.8. The van der Waals surface area contributed by atoms with Gasteiger partial charge in [-0.1, -0.05) is 18.6 Å². The molecule has 10 nitrogen and oxygen atoms in total. The zero-order chi connectivity index (χ0) is 29.7. The van der Waals surface area contributed by atoms with E-state index in [0.717, 1.165) is 32.1 Å². The van der Waals surface area contributed by atoms with E-state index in [9.17, 15) is 28.8 Å². The van der Waals surface area contributed by atoms with Crippen molar-refractivity contribution in [2.45, 2.75) is 98.1 Å². The highest BCUT2D eigenvalue weighted by Gasteiger charge is 2.41. The standard InChI is InChI=1S/C20H26N2O3.C10H18N2O3/c1-15-7-8-16-5-2-3-9-20(16,11-15)12-17(24)13-22-10-4-6-18(19(22)25)21-14-23;1-4-11-10(15)9(14)6-5-7(2)12-8(3)13/h4-6,10,14-15H,2-3,7-9,11-13H2,1H3,(H,21,23);7H,4-6H2,1-3H3,(H,11,15)(H,12,13). The molecule has 0 saturated heterocycles. The van der Waals surface area contributed by atoms with Gasteiger partial charge in [-0.25, -0.2) is 0 Å². The zero-order valence-electron chi connectivity index (χ0n) is 24.2. The van der Waals surface area contributed by atoms with Crippen LogP contribution in [0.3, 0.4) is 0 Å². The molecule has 1 heterocycles. The summed E-state index contributed by atoms with van der Waals surface area (Å²) < 4.78 is 1.39. The largest absolute Gasteiger partial charge is 0.354 e. The van der Waals surface area contributed by atoms with E-state index in [1.165, 1.54) is 23.5 Å². The van der Waals surface area contributed by atoms with Gasteiger partial charge in [0.15, 0.2) is 5.78 Å². The van der Waals surface area contributed by atoms with Crippen LogP contribution in [0.4, 0.5) is 5.69 Å². The number of Topliss-reactive ketones (excluding diaryl/α,β-unsaturated/α-hetero) is 2. The van der Waals surface area contributed by atoms with E-state index in [2.05, 4.69) is 29.0 Å². The molecule has 3 atom stereocenters. The lowest BCUT2D eigenvalue weighted by Crippen LogP contribution is -2.36. The van der Waals surface area contributed by atoms with Gasteiger partial charge in [0.25, 0.3) is 11.5 Å². The van der Waals surface area contributed by atoms with Gasteiger partial charge in [-0.05, 0) is 82.3 Å². The molecule has 0 aliphatic heterocycles. The number of hydrogen-bond acceptors (Lipinski definition) is 6. The Bertz CT molecular complexity index is 1160. The minimum absolute atomic E-state index is 0.00919. The van der Waals surface area contributed by atoms with Crippen LogP contribution in [-0.2, 0) is 30.5 Å². The molecular weight excluding hydrogens is 512 g/mol. The topological polar surface area (TPSA) is 143 Å². The maximum absolute atomic E-state index is 12.8. The van der Waals surface area contributed by atoms with E-state index in [4.69, 9.17) is 0 Å². The summed E-state index contributed by atoms with van der Waals surface area (Å²) in [5, 5.41) is 7.47. The Morgan fingerprint density at radius 1 is 1.25 bits per heavy atom. The molecule has 3 unspecified atom stereocenters. The van der Waals surface area contributed by atoms with Crippen LogP contribution in [0, 0.1) is 11.3 Å². The smallest absolute Gasteiger partial charge is 0.287 e. The molecule has 1 aromatic rings. The molecule has 1 fully saturated rings. The molecule has 1 aromatic heterocycles. The second-order valence-electron chi connectivity index (χ2n) is 11.0. The fourth-order valence-electron chi connectivity index (χ4n) is 5.74. The molecule has 40 heavy (non-hydrogen) atoms. The van der Waals surface area contributed by atoms with Gasteiger partial charge in [-0.15, -0.1) is 0 Å². The number of rotatable bonds is 12. The van der Waals surface area contributed by atoms with Crippen molar-refractivity contribution in [2.75, 3.05) is 11.9 Å². The summed E-state index contributed by atoms with van der Waals surface area (Å²) in [6.07, 6.45) is 12.3. The maximum Gasteiger partial charge on any atom is 0.287 e. The number of likely N-dealkylation sites (N-methyl/N-ethyl adjacent to an activating group) is 1. The molecule has 3 rings (SSSR count). The summed E-state index contributed by atoms with van der Waals surface area (Å²) in [5.41, 5.74) is 1.34. The van der Waals surface area contributed by atoms with Crippen LogP contribution < -0.4 is 21.5 Å². The van der Waals surface area contributed by atoms with Gasteiger partial charge in [-0.3, -0.25) is 28.8 Å². The SMILES string of the molecule is CC1CCC2=CCCCC2(CC(=O)Cn2cccc(NC=O)c2=O)C1.CCNC(=O)C(=O)CCC(C)NC(C)=O. The molecule has 220 valence electrons. The van der Waals surface area contributed by atoms with Gasteiger partial charge in [0.05, 0.1) is 6.54 Å². The molecule has 0 spiro atoms. The fourth-order valence-corrected chi connectivity index (χ4v) is 5.74. The Balaban J connectivity index is 0.000000323. The van der Waals surface area contributed by atoms with Crippen LogP contribution in [0.15, 0.2) is 34.8 Å². The molecule has 0 aromatic carbocycles. The van der Waals surface area contributed by atoms with Crippen molar-refractivity contribution < 1.29 is 24.0 Å². The summed E-state index contributed by atoms with van der Waals surface area (Å²) in [7, 11) is 0. The Kier molecular flexibility index (Phi) is 13.0. The predicted octanol–water partition coefficient (Wildman–Crippen LogP) is 3.29. The molecule has 3 N–H and O–H groups in total. The van der Waals surface area contributed by atoms with Gasteiger partial charge in [0.1, 0.15) is 5.69 Å². The van der Waals surface area contributed by atoms with Crippen LogP contribution in [0.25, 0.3) is 0 Å². The summed E-state index contributed by atoms with van der Waals surface area (Å²) in [6, 6.07) is 3.13. The first kappa shape index (κ1) is 32.7. The number of carbonyl (C=O) groups is 5. The second kappa shape index (κ2) is 15.9. The van der Waals surface area contributed by atoms with Gasteiger partial charge in [0.2, 0.25) is 18.1 Å². The van der Waals surface area contributed by atoms with Crippen LogP contribution in [0.1, 0.15) is 85.5 Å². The van der Waals surface area contributed by atoms with E-state index in [0.29, 0.717) is 31.7 Å². The lowest BCUT2D eigenvalue weighted by molar-refractivity contribution is -0.138. The van der Waals surface area contributed by atoms with E-state index in [-0.39, 0.29) is 47.4 Å². The number of allylic oxidation sites excluding steroid dienone is 2. The van der Waals surface area contributed by atoms with Crippen molar-refractivity contribution in [3.8, 4) is 0 Å². The molecule has 1 saturated carbocycles. The molecule has 2 aliphatic rings. The van der Waals surface area contributed by atoms with Crippen molar-refractivity contribution in [2.24, 2.45) is 11.3 Å². The zero-order valence-corrected chi connectivity index (χ0v) is 24.2. The van der Waals surface area contributed by atoms with Gasteiger partial charge >= 0.3 is 0 Å². The number of aromatic nitrogens is 1. The molecule has 0 radical (unpaired) electrons. The average molecular weight is 557 g/mol. The molecule has 10 heteroatoms. The van der Waals surface area contributed by atoms with E-state index in [1.807, 2.05) is 0 Å². The summed E-state index contributed by atoms with van der Waals surface area (Å²) in [6.45, 7) is 7.76. The Hall–Kier alpha value is -3.56. The van der Waals surface area contributed by atoms with Gasteiger partial charge in [0, 0.05) is 38.5 Å². The first-order chi connectivity index (χ1) is 19.0. The Labute approximate surface area is 236 Å². The molecule has 0 bridgehead atoms. The van der Waals surface area contributed by atoms with E-state index in [1.54, 1.807) is 32.2 Å². The second-order valence-corrected chi connectivity index (χ2v) is 11.0. The quantitative estimate of drug-likeness (QED) is 0.205. The first-order valence-corrected chi connectivity index (χ1v) is 14.2. The minimum atomic E-state index is -0.549. The number of amides is 3. The van der Waals surface area contributed by atoms with E-state index >= 15 is 0 Å². The summed E-state index contributed by atoms with van der Waals surface area (Å²) >= 11 is 0. The molecule has 2 aliphatic carbocycles. The third-order valence-corrected chi connectivity index (χ3v) is 7.54. The third kappa shape index (κ3) is 9.88. The third-order valence-electron chi connectivity index (χ3n) is 7.54. The lowest BCUT2D eigenvalue weighted by atomic mass is 9.60. The Morgan fingerprint density at radius 3 is 2.67 bits per heavy atom. The van der Waals surface area contributed by atoms with Crippen molar-refractivity contribution in [1.82, 2.24) is 15.2 Å². The first-order valence-electron chi connectivity index (χ1n) is 14.2. The number of pyridine rings is 1. The number of nitrogens with one attached hydrogen (secondary N) is 3. The Morgan fingerprint density at radius 2 is 2.00 bits per heavy atom. The lowest BCUT2D eigenvalue weighted by Gasteiger charge is -2.44. The highest BCUT2D eigenvalue weighted by molar-refractivity contribution is 6.36. The average Bonchev–Trinajstić information content (AvgIpc) is 2.89. The highest BCUT2D eigenvalue weighted by atomic mass is 16.2. The van der Waals surface area contributed by atoms with Crippen LogP contribution in [0.2, 0.25) is 0 Å². The number of ketones is 2. The number of fused-ring (bicyclic) bond motifs is 1. The number of carbonyl (C=O) groups excluding carboxylic acids is 5. The van der Waals surface area contributed by atoms with Crippen LogP contribution in [-0.4, -0.2) is 46.9 Å². The van der Waals surface area contributed by atoms with Gasteiger partial charge in [-0.2, -0.15) is 0 Å². The van der Waals surface area contributed by atoms with Crippen LogP contribution in [0.5, 0.6) is 0 Å². The number of nitrogens with zero attached hydrogens (tertiary/aromatic N) is 1.